The summed E-state index contributed by atoms with van der Waals surface area (Å²) >= 11 is 0. The molecule has 1 aliphatic carbocycles. The van der Waals surface area contributed by atoms with E-state index in [1.165, 1.54) is 0 Å². The van der Waals surface area contributed by atoms with Gasteiger partial charge >= 0.3 is 0 Å². The molecule has 0 amide bonds. The van der Waals surface area contributed by atoms with Crippen LogP contribution in [0.2, 0.25) is 0 Å². The predicted molar refractivity (Wildman–Crippen MR) is 86.0 cm³/mol. The van der Waals surface area contributed by atoms with E-state index in [0.29, 0.717) is 6.54 Å². The van der Waals surface area contributed by atoms with Gasteiger partial charge in [-0.25, -0.2) is 9.98 Å². The monoisotopic (exact) mass is 311 g/mol. The molecule has 0 radical (unpaired) electrons. The van der Waals surface area contributed by atoms with Crippen LogP contribution >= 0.6 is 12.4 Å². The van der Waals surface area contributed by atoms with Crippen LogP contribution in [0.3, 0.4) is 0 Å². The Morgan fingerprint density at radius 2 is 2.00 bits per heavy atom. The summed E-state index contributed by atoms with van der Waals surface area (Å²) < 4.78 is 1.97. The first-order valence-corrected chi connectivity index (χ1v) is 6.86. The second-order valence-corrected chi connectivity index (χ2v) is 5.18. The van der Waals surface area contributed by atoms with Gasteiger partial charge in [-0.3, -0.25) is 4.79 Å². The number of ketones is 1. The molecule has 110 valence electrons. The van der Waals surface area contributed by atoms with Crippen LogP contribution in [0, 0.1) is 6.92 Å². The summed E-state index contributed by atoms with van der Waals surface area (Å²) in [6, 6.07) is 7.77. The number of rotatable bonds is 2. The van der Waals surface area contributed by atoms with Crippen molar-refractivity contribution < 1.29 is 4.79 Å². The number of allylic oxidation sites excluding steroid dienone is 4. The Morgan fingerprint density at radius 1 is 1.18 bits per heavy atom. The molecule has 2 heterocycles. The second-order valence-electron chi connectivity index (χ2n) is 5.18. The van der Waals surface area contributed by atoms with E-state index in [2.05, 4.69) is 9.98 Å². The lowest BCUT2D eigenvalue weighted by atomic mass is 9.94. The molecule has 0 unspecified atom stereocenters. The second kappa shape index (κ2) is 5.39. The van der Waals surface area contributed by atoms with Crippen molar-refractivity contribution in [3.8, 4) is 0 Å². The Balaban J connectivity index is 0.00000144. The molecule has 1 aliphatic heterocycles. The van der Waals surface area contributed by atoms with Gasteiger partial charge in [0.15, 0.2) is 5.78 Å². The summed E-state index contributed by atoms with van der Waals surface area (Å²) in [6.45, 7) is 2.47. The third kappa shape index (κ3) is 2.12. The first-order chi connectivity index (χ1) is 10.2. The molecule has 0 bridgehead atoms. The van der Waals surface area contributed by atoms with Crippen LogP contribution in [-0.2, 0) is 11.3 Å². The molecule has 22 heavy (non-hydrogen) atoms. The smallest absolute Gasteiger partial charge is 0.193 e. The molecule has 5 heteroatoms. The van der Waals surface area contributed by atoms with Crippen molar-refractivity contribution in [2.75, 3.05) is 0 Å². The maximum Gasteiger partial charge on any atom is 0.193 e. The van der Waals surface area contributed by atoms with Crippen molar-refractivity contribution in [2.24, 2.45) is 4.99 Å². The van der Waals surface area contributed by atoms with Crippen LogP contribution in [0.5, 0.6) is 0 Å². The predicted octanol–water partition coefficient (Wildman–Crippen LogP) is 1.49. The molecule has 0 fully saturated rings. The molecule has 0 saturated heterocycles. The summed E-state index contributed by atoms with van der Waals surface area (Å²) in [5.74, 6) is 0.967. The lowest BCUT2D eigenvalue weighted by Crippen LogP contribution is -2.26. The quantitative estimate of drug-likeness (QED) is 0.843. The summed E-state index contributed by atoms with van der Waals surface area (Å²) in [5.41, 5.74) is 2.26. The zero-order valence-electron chi connectivity index (χ0n) is 12.0. The van der Waals surface area contributed by atoms with E-state index >= 15 is 0 Å². The van der Waals surface area contributed by atoms with Crippen LogP contribution in [-0.4, -0.2) is 15.3 Å². The van der Waals surface area contributed by atoms with Crippen LogP contribution in [0.15, 0.2) is 65.1 Å². The fraction of sp³-hybridized carbons (Fsp3) is 0.118. The van der Waals surface area contributed by atoms with Crippen LogP contribution in [0.1, 0.15) is 5.82 Å². The number of fused-ring (bicyclic) bond motifs is 2. The van der Waals surface area contributed by atoms with E-state index in [9.17, 15) is 4.79 Å². The lowest BCUT2D eigenvalue weighted by Gasteiger charge is -2.13. The normalized spacial score (nSPS) is 15.3. The number of halogens is 1. The van der Waals surface area contributed by atoms with Gasteiger partial charge in [0.1, 0.15) is 5.82 Å². The van der Waals surface area contributed by atoms with Crippen LogP contribution in [0.4, 0.5) is 0 Å². The third-order valence-corrected chi connectivity index (χ3v) is 3.90. The van der Waals surface area contributed by atoms with E-state index in [1.54, 1.807) is 6.20 Å². The minimum absolute atomic E-state index is 0. The van der Waals surface area contributed by atoms with Gasteiger partial charge in [0.2, 0.25) is 0 Å². The zero-order chi connectivity index (χ0) is 14.4. The number of Topliss-reactive ketones (excluding diaryl/α,β-unsaturated/α-hetero) is 1. The molecule has 0 saturated carbocycles. The molecular formula is C17H14ClN3O. The molecule has 4 nitrogen and oxygen atoms in total. The molecule has 2 aliphatic rings. The first-order valence-electron chi connectivity index (χ1n) is 6.86. The average Bonchev–Trinajstić information content (AvgIpc) is 3.06. The van der Waals surface area contributed by atoms with E-state index in [1.807, 2.05) is 54.1 Å². The average molecular weight is 312 g/mol. The van der Waals surface area contributed by atoms with Gasteiger partial charge in [-0.15, -0.1) is 12.4 Å². The third-order valence-electron chi connectivity index (χ3n) is 3.90. The highest BCUT2D eigenvalue weighted by Crippen LogP contribution is 2.24. The number of hydrogen-bond acceptors (Lipinski definition) is 3. The van der Waals surface area contributed by atoms with E-state index in [4.69, 9.17) is 0 Å². The largest absolute Gasteiger partial charge is 0.331 e. The molecule has 1 aromatic carbocycles. The maximum atomic E-state index is 12.8. The highest BCUT2D eigenvalue weighted by Gasteiger charge is 2.25. The molecule has 0 spiro atoms. The van der Waals surface area contributed by atoms with Gasteiger partial charge in [0.05, 0.1) is 23.2 Å². The number of carbonyl (C=O) groups is 1. The van der Waals surface area contributed by atoms with Crippen LogP contribution < -0.4 is 10.6 Å². The van der Waals surface area contributed by atoms with Gasteiger partial charge in [0, 0.05) is 23.2 Å². The fourth-order valence-electron chi connectivity index (χ4n) is 2.76. The maximum absolute atomic E-state index is 12.8. The van der Waals surface area contributed by atoms with E-state index in [-0.39, 0.29) is 18.2 Å². The number of para-hydroxylation sites is 1. The molecule has 0 atom stereocenters. The Hall–Kier alpha value is -2.46. The molecule has 4 rings (SSSR count). The number of aromatic nitrogens is 2. The molecule has 1 aromatic heterocycles. The number of carbonyl (C=O) groups excluding carboxylic acids is 1. The van der Waals surface area contributed by atoms with Gasteiger partial charge in [0.25, 0.3) is 0 Å². The van der Waals surface area contributed by atoms with Gasteiger partial charge < -0.3 is 4.57 Å². The summed E-state index contributed by atoms with van der Waals surface area (Å²) in [6.07, 6.45) is 7.44. The zero-order valence-corrected chi connectivity index (χ0v) is 12.8. The van der Waals surface area contributed by atoms with Gasteiger partial charge in [-0.05, 0) is 19.1 Å². The SMILES string of the molecule is Cc1nccn1CC1=CC=C2N=c3ccccc3=C2C1=O.Cl. The fourth-order valence-corrected chi connectivity index (χ4v) is 2.76. The Labute approximate surface area is 133 Å². The van der Waals surface area contributed by atoms with Crippen molar-refractivity contribution in [2.45, 2.75) is 13.5 Å². The van der Waals surface area contributed by atoms with Gasteiger partial charge in [-0.2, -0.15) is 0 Å². The number of hydrogen-bond donors (Lipinski definition) is 0. The van der Waals surface area contributed by atoms with E-state index in [0.717, 1.165) is 33.2 Å². The van der Waals surface area contributed by atoms with E-state index < -0.39 is 0 Å². The minimum atomic E-state index is 0. The van der Waals surface area contributed by atoms with Crippen molar-refractivity contribution in [3.05, 3.63) is 76.5 Å². The number of imidazole rings is 1. The van der Waals surface area contributed by atoms with Crippen molar-refractivity contribution >= 4 is 23.8 Å². The summed E-state index contributed by atoms with van der Waals surface area (Å²) in [5, 5.41) is 1.81. The first kappa shape index (κ1) is 14.5. The summed E-state index contributed by atoms with van der Waals surface area (Å²) in [7, 11) is 0. The Morgan fingerprint density at radius 3 is 2.77 bits per heavy atom. The standard InChI is InChI=1S/C17H13N3O.ClH/c1-11-18-8-9-20(11)10-12-6-7-15-16(17(12)21)13-4-2-3-5-14(13)19-15;/h2-9H,10H2,1H3;1H. The topological polar surface area (TPSA) is 47.2 Å². The minimum Gasteiger partial charge on any atom is -0.331 e. The molecular weight excluding hydrogens is 298 g/mol. The highest BCUT2D eigenvalue weighted by atomic mass is 35.5. The molecule has 2 aromatic rings. The number of nitrogens with zero attached hydrogens (tertiary/aromatic N) is 3. The summed E-state index contributed by atoms with van der Waals surface area (Å²) in [4.78, 5) is 21.5. The Kier molecular flexibility index (Phi) is 3.54. The van der Waals surface area contributed by atoms with Crippen molar-refractivity contribution in [1.29, 1.82) is 0 Å². The number of aryl methyl sites for hydroxylation is 1. The molecule has 0 N–H and O–H groups in total. The van der Waals surface area contributed by atoms with Crippen molar-refractivity contribution in [1.82, 2.24) is 9.55 Å². The van der Waals surface area contributed by atoms with Crippen LogP contribution in [0.25, 0.3) is 5.57 Å². The van der Waals surface area contributed by atoms with Crippen molar-refractivity contribution in [3.63, 3.8) is 0 Å². The lowest BCUT2D eigenvalue weighted by molar-refractivity contribution is -0.110. The highest BCUT2D eigenvalue weighted by molar-refractivity contribution is 6.29. The Bertz CT molecular complexity index is 950. The van der Waals surface area contributed by atoms with Gasteiger partial charge in [-0.1, -0.05) is 24.3 Å². The number of benzene rings is 1.